The lowest BCUT2D eigenvalue weighted by Crippen LogP contribution is -2.25. The van der Waals surface area contributed by atoms with Gasteiger partial charge >= 0.3 is 0 Å². The molecular weight excluding hydrogens is 297 g/mol. The highest BCUT2D eigenvalue weighted by Gasteiger charge is 2.10. The second kappa shape index (κ2) is 8.42. The van der Waals surface area contributed by atoms with Crippen LogP contribution in [0.25, 0.3) is 0 Å². The van der Waals surface area contributed by atoms with E-state index in [4.69, 9.17) is 0 Å². The van der Waals surface area contributed by atoms with Crippen molar-refractivity contribution in [2.45, 2.75) is 19.5 Å². The highest BCUT2D eigenvalue weighted by atomic mass is 19.1. The van der Waals surface area contributed by atoms with Gasteiger partial charge in [0.2, 0.25) is 0 Å². The number of hydrogen-bond donors (Lipinski definition) is 0. The summed E-state index contributed by atoms with van der Waals surface area (Å²) < 4.78 is 14.0. The van der Waals surface area contributed by atoms with Crippen molar-refractivity contribution in [1.29, 1.82) is 0 Å². The molecule has 1 nitrogen and oxygen atoms in total. The zero-order valence-electron chi connectivity index (χ0n) is 13.7. The van der Waals surface area contributed by atoms with Gasteiger partial charge in [-0.05, 0) is 23.6 Å². The Labute approximate surface area is 143 Å². The van der Waals surface area contributed by atoms with E-state index >= 15 is 0 Å². The van der Waals surface area contributed by atoms with Gasteiger partial charge in [0.15, 0.2) is 0 Å². The van der Waals surface area contributed by atoms with Gasteiger partial charge in [-0.25, -0.2) is 4.39 Å². The third-order valence-electron chi connectivity index (χ3n) is 4.16. The summed E-state index contributed by atoms with van der Waals surface area (Å²) in [6, 6.07) is 27.9. The quantitative estimate of drug-likeness (QED) is 0.587. The molecule has 2 heteroatoms. The number of hydrogen-bond acceptors (Lipinski definition) is 1. The number of rotatable bonds is 7. The van der Waals surface area contributed by atoms with Crippen LogP contribution in [0.3, 0.4) is 0 Å². The van der Waals surface area contributed by atoms with Crippen molar-refractivity contribution in [2.24, 2.45) is 0 Å². The Morgan fingerprint density at radius 2 is 1.21 bits per heavy atom. The molecule has 0 bridgehead atoms. The molecule has 0 radical (unpaired) electrons. The van der Waals surface area contributed by atoms with Crippen molar-refractivity contribution >= 4 is 0 Å². The first-order chi connectivity index (χ1) is 11.8. The third kappa shape index (κ3) is 4.77. The van der Waals surface area contributed by atoms with Crippen LogP contribution in [0.5, 0.6) is 0 Å². The summed E-state index contributed by atoms with van der Waals surface area (Å²) in [4.78, 5) is 2.31. The van der Waals surface area contributed by atoms with Gasteiger partial charge in [0.1, 0.15) is 5.82 Å². The zero-order chi connectivity index (χ0) is 16.6. The SMILES string of the molecule is Fc1ccccc1CN(CCc1ccccc1)Cc1ccccc1. The fourth-order valence-electron chi connectivity index (χ4n) is 2.86. The Kier molecular flexibility index (Phi) is 5.75. The van der Waals surface area contributed by atoms with E-state index in [1.54, 1.807) is 6.07 Å². The minimum Gasteiger partial charge on any atom is -0.294 e. The molecule has 0 aliphatic rings. The highest BCUT2D eigenvalue weighted by molar-refractivity contribution is 5.19. The first kappa shape index (κ1) is 16.4. The van der Waals surface area contributed by atoms with Crippen molar-refractivity contribution in [3.63, 3.8) is 0 Å². The maximum Gasteiger partial charge on any atom is 0.127 e. The van der Waals surface area contributed by atoms with Crippen LogP contribution in [0, 0.1) is 5.82 Å². The molecule has 0 aromatic heterocycles. The molecule has 0 saturated carbocycles. The Morgan fingerprint density at radius 3 is 1.88 bits per heavy atom. The Balaban J connectivity index is 1.71. The molecule has 0 aliphatic heterocycles. The molecule has 0 unspecified atom stereocenters. The molecule has 122 valence electrons. The predicted molar refractivity (Wildman–Crippen MR) is 97.1 cm³/mol. The molecule has 3 aromatic carbocycles. The van der Waals surface area contributed by atoms with Crippen LogP contribution in [-0.4, -0.2) is 11.4 Å². The first-order valence-corrected chi connectivity index (χ1v) is 8.35. The minimum atomic E-state index is -0.129. The van der Waals surface area contributed by atoms with Crippen LogP contribution in [0.15, 0.2) is 84.9 Å². The smallest absolute Gasteiger partial charge is 0.127 e. The Hall–Kier alpha value is -2.45. The fourth-order valence-corrected chi connectivity index (χ4v) is 2.86. The molecular formula is C22H22FN. The molecule has 0 heterocycles. The van der Waals surface area contributed by atoms with Crippen LogP contribution in [0.2, 0.25) is 0 Å². The number of benzene rings is 3. The monoisotopic (exact) mass is 319 g/mol. The van der Waals surface area contributed by atoms with E-state index in [0.29, 0.717) is 6.54 Å². The van der Waals surface area contributed by atoms with E-state index in [1.807, 2.05) is 36.4 Å². The van der Waals surface area contributed by atoms with Crippen molar-refractivity contribution < 1.29 is 4.39 Å². The maximum absolute atomic E-state index is 14.0. The second-order valence-corrected chi connectivity index (χ2v) is 6.02. The lowest BCUT2D eigenvalue weighted by Gasteiger charge is -2.23. The molecule has 3 rings (SSSR count). The molecule has 0 saturated heterocycles. The Morgan fingerprint density at radius 1 is 0.625 bits per heavy atom. The van der Waals surface area contributed by atoms with Gasteiger partial charge in [0.25, 0.3) is 0 Å². The van der Waals surface area contributed by atoms with Crippen LogP contribution in [0.4, 0.5) is 4.39 Å². The van der Waals surface area contributed by atoms with E-state index in [0.717, 1.165) is 25.1 Å². The molecule has 0 N–H and O–H groups in total. The number of nitrogens with zero attached hydrogens (tertiary/aromatic N) is 1. The van der Waals surface area contributed by atoms with Crippen LogP contribution >= 0.6 is 0 Å². The molecule has 0 amide bonds. The predicted octanol–water partition coefficient (Wildman–Crippen LogP) is 5.07. The van der Waals surface area contributed by atoms with Crippen LogP contribution < -0.4 is 0 Å². The normalized spacial score (nSPS) is 10.9. The van der Waals surface area contributed by atoms with E-state index in [2.05, 4.69) is 41.3 Å². The summed E-state index contributed by atoms with van der Waals surface area (Å²) in [5.41, 5.74) is 3.31. The van der Waals surface area contributed by atoms with E-state index in [1.165, 1.54) is 17.2 Å². The van der Waals surface area contributed by atoms with Gasteiger partial charge in [-0.1, -0.05) is 78.9 Å². The summed E-state index contributed by atoms with van der Waals surface area (Å²) in [7, 11) is 0. The van der Waals surface area contributed by atoms with Crippen molar-refractivity contribution in [2.75, 3.05) is 6.54 Å². The summed E-state index contributed by atoms with van der Waals surface area (Å²) in [6.07, 6.45) is 0.960. The highest BCUT2D eigenvalue weighted by Crippen LogP contribution is 2.14. The zero-order valence-corrected chi connectivity index (χ0v) is 13.7. The van der Waals surface area contributed by atoms with Gasteiger partial charge < -0.3 is 0 Å². The van der Waals surface area contributed by atoms with Crippen molar-refractivity contribution in [3.8, 4) is 0 Å². The Bertz CT molecular complexity index is 740. The van der Waals surface area contributed by atoms with Gasteiger partial charge in [-0.3, -0.25) is 4.90 Å². The van der Waals surface area contributed by atoms with Gasteiger partial charge in [-0.15, -0.1) is 0 Å². The number of halogens is 1. The molecule has 0 aliphatic carbocycles. The lowest BCUT2D eigenvalue weighted by atomic mass is 10.1. The molecule has 24 heavy (non-hydrogen) atoms. The lowest BCUT2D eigenvalue weighted by molar-refractivity contribution is 0.256. The summed E-state index contributed by atoms with van der Waals surface area (Å²) in [5.74, 6) is -0.129. The summed E-state index contributed by atoms with van der Waals surface area (Å²) in [5, 5.41) is 0. The minimum absolute atomic E-state index is 0.129. The van der Waals surface area contributed by atoms with Crippen molar-refractivity contribution in [1.82, 2.24) is 4.90 Å². The summed E-state index contributed by atoms with van der Waals surface area (Å²) in [6.45, 7) is 2.34. The first-order valence-electron chi connectivity index (χ1n) is 8.35. The fraction of sp³-hybridized carbons (Fsp3) is 0.182. The average molecular weight is 319 g/mol. The molecule has 0 atom stereocenters. The molecule has 3 aromatic rings. The topological polar surface area (TPSA) is 3.24 Å². The third-order valence-corrected chi connectivity index (χ3v) is 4.16. The van der Waals surface area contributed by atoms with E-state index in [9.17, 15) is 4.39 Å². The van der Waals surface area contributed by atoms with Gasteiger partial charge in [-0.2, -0.15) is 0 Å². The molecule has 0 fully saturated rings. The maximum atomic E-state index is 14.0. The second-order valence-electron chi connectivity index (χ2n) is 6.02. The largest absolute Gasteiger partial charge is 0.294 e. The van der Waals surface area contributed by atoms with Crippen LogP contribution in [-0.2, 0) is 19.5 Å². The van der Waals surface area contributed by atoms with Crippen molar-refractivity contribution in [3.05, 3.63) is 107 Å². The average Bonchev–Trinajstić information content (AvgIpc) is 2.63. The molecule has 0 spiro atoms. The van der Waals surface area contributed by atoms with E-state index < -0.39 is 0 Å². The van der Waals surface area contributed by atoms with Crippen LogP contribution in [0.1, 0.15) is 16.7 Å². The van der Waals surface area contributed by atoms with Gasteiger partial charge in [0.05, 0.1) is 0 Å². The standard InChI is InChI=1S/C22H22FN/c23-22-14-8-7-13-21(22)18-24(17-20-11-5-2-6-12-20)16-15-19-9-3-1-4-10-19/h1-14H,15-18H2. The van der Waals surface area contributed by atoms with E-state index in [-0.39, 0.29) is 5.82 Å². The summed E-state index contributed by atoms with van der Waals surface area (Å²) >= 11 is 0. The van der Waals surface area contributed by atoms with Gasteiger partial charge in [0, 0.05) is 25.2 Å².